The van der Waals surface area contributed by atoms with E-state index in [2.05, 4.69) is 21.2 Å². The van der Waals surface area contributed by atoms with E-state index >= 15 is 0 Å². The molecule has 0 radical (unpaired) electrons. The monoisotopic (exact) mass is 504 g/mol. The highest BCUT2D eigenvalue weighted by Gasteiger charge is 2.29. The summed E-state index contributed by atoms with van der Waals surface area (Å²) in [5, 5.41) is 3.04. The molecule has 1 fully saturated rings. The molecule has 1 aliphatic rings. The van der Waals surface area contributed by atoms with E-state index in [0.29, 0.717) is 11.3 Å². The van der Waals surface area contributed by atoms with Crippen LogP contribution in [0, 0.1) is 19.7 Å². The van der Waals surface area contributed by atoms with Crippen LogP contribution < -0.4 is 10.1 Å². The molecular formula is C25H30BrFN2O3. The molecule has 0 saturated heterocycles. The molecule has 1 aliphatic carbocycles. The van der Waals surface area contributed by atoms with Gasteiger partial charge in [0.2, 0.25) is 5.91 Å². The van der Waals surface area contributed by atoms with E-state index in [-0.39, 0.29) is 31.0 Å². The summed E-state index contributed by atoms with van der Waals surface area (Å²) in [5.74, 6) is -0.434. The van der Waals surface area contributed by atoms with Gasteiger partial charge in [-0.2, -0.15) is 0 Å². The maximum Gasteiger partial charge on any atom is 0.261 e. The molecule has 0 aliphatic heterocycles. The first-order valence-corrected chi connectivity index (χ1v) is 11.8. The van der Waals surface area contributed by atoms with Crippen LogP contribution in [0.3, 0.4) is 0 Å². The van der Waals surface area contributed by atoms with Gasteiger partial charge in [-0.25, -0.2) is 4.39 Å². The highest BCUT2D eigenvalue weighted by atomic mass is 79.9. The zero-order valence-electron chi connectivity index (χ0n) is 18.8. The highest BCUT2D eigenvalue weighted by Crippen LogP contribution is 2.26. The van der Waals surface area contributed by atoms with Crippen molar-refractivity contribution in [1.82, 2.24) is 10.2 Å². The Hall–Kier alpha value is -2.41. The number of benzene rings is 2. The van der Waals surface area contributed by atoms with E-state index in [0.717, 1.165) is 41.3 Å². The van der Waals surface area contributed by atoms with E-state index in [1.54, 1.807) is 25.1 Å². The van der Waals surface area contributed by atoms with E-state index in [1.165, 1.54) is 11.0 Å². The van der Waals surface area contributed by atoms with Crippen LogP contribution in [0.1, 0.15) is 49.3 Å². The van der Waals surface area contributed by atoms with Gasteiger partial charge in [-0.3, -0.25) is 9.59 Å². The predicted molar refractivity (Wildman–Crippen MR) is 126 cm³/mol. The van der Waals surface area contributed by atoms with Crippen LogP contribution in [0.2, 0.25) is 0 Å². The van der Waals surface area contributed by atoms with Crippen LogP contribution in [0.5, 0.6) is 5.75 Å². The minimum absolute atomic E-state index is 0.00743. The normalized spacial score (nSPS) is 14.8. The number of hydrogen-bond donors (Lipinski definition) is 1. The third-order valence-electron chi connectivity index (χ3n) is 5.94. The molecule has 1 atom stereocenters. The number of rotatable bonds is 8. The fourth-order valence-corrected chi connectivity index (χ4v) is 4.23. The van der Waals surface area contributed by atoms with Crippen molar-refractivity contribution in [2.75, 3.05) is 6.61 Å². The predicted octanol–water partition coefficient (Wildman–Crippen LogP) is 5.06. The van der Waals surface area contributed by atoms with E-state index in [9.17, 15) is 14.0 Å². The van der Waals surface area contributed by atoms with Crippen LogP contribution in [0.25, 0.3) is 0 Å². The third-order valence-corrected chi connectivity index (χ3v) is 7.19. The lowest BCUT2D eigenvalue weighted by Gasteiger charge is -2.29. The molecule has 32 heavy (non-hydrogen) atoms. The molecule has 7 heteroatoms. The number of ether oxygens (including phenoxy) is 1. The van der Waals surface area contributed by atoms with Crippen LogP contribution >= 0.6 is 15.9 Å². The lowest BCUT2D eigenvalue weighted by atomic mass is 10.1. The second kappa shape index (κ2) is 10.9. The largest absolute Gasteiger partial charge is 0.484 e. The molecule has 0 unspecified atom stereocenters. The molecule has 2 aromatic carbocycles. The molecule has 5 nitrogen and oxygen atoms in total. The Balaban J connectivity index is 1.75. The fraction of sp³-hybridized carbons (Fsp3) is 0.440. The number of hydrogen-bond acceptors (Lipinski definition) is 3. The van der Waals surface area contributed by atoms with Gasteiger partial charge in [-0.05, 0) is 62.9 Å². The zero-order valence-corrected chi connectivity index (χ0v) is 20.4. The quantitative estimate of drug-likeness (QED) is 0.546. The van der Waals surface area contributed by atoms with Crippen molar-refractivity contribution in [2.45, 2.75) is 65.1 Å². The van der Waals surface area contributed by atoms with E-state index in [4.69, 9.17) is 4.74 Å². The smallest absolute Gasteiger partial charge is 0.261 e. The maximum absolute atomic E-state index is 14.3. The molecular weight excluding hydrogens is 475 g/mol. The van der Waals surface area contributed by atoms with E-state index < -0.39 is 11.9 Å². The summed E-state index contributed by atoms with van der Waals surface area (Å²) in [7, 11) is 0. The van der Waals surface area contributed by atoms with E-state index in [1.807, 2.05) is 26.0 Å². The summed E-state index contributed by atoms with van der Waals surface area (Å²) in [4.78, 5) is 27.4. The van der Waals surface area contributed by atoms with Gasteiger partial charge < -0.3 is 15.0 Å². The first kappa shape index (κ1) is 24.2. The molecule has 1 saturated carbocycles. The maximum atomic E-state index is 14.3. The van der Waals surface area contributed by atoms with Crippen molar-refractivity contribution in [3.05, 3.63) is 63.4 Å². The Morgan fingerprint density at radius 2 is 1.81 bits per heavy atom. The summed E-state index contributed by atoms with van der Waals surface area (Å²) >= 11 is 3.52. The molecule has 3 rings (SSSR count). The first-order valence-electron chi connectivity index (χ1n) is 11.0. The molecule has 0 heterocycles. The van der Waals surface area contributed by atoms with Crippen LogP contribution in [0.4, 0.5) is 4.39 Å². The summed E-state index contributed by atoms with van der Waals surface area (Å²) in [6.07, 6.45) is 4.09. The van der Waals surface area contributed by atoms with Gasteiger partial charge in [-0.1, -0.05) is 47.0 Å². The standard InChI is InChI=1S/C25H30BrFN2O3/c1-16-12-21(13-17(2)24(16)26)32-15-23(30)29(14-19-8-4-7-11-22(19)27)18(3)25(31)28-20-9-5-6-10-20/h4,7-8,11-13,18,20H,5-6,9-10,14-15H2,1-3H3,(H,28,31)/t18-/m0/s1. The third kappa shape index (κ3) is 6.09. The summed E-state index contributed by atoms with van der Waals surface area (Å²) in [6.45, 7) is 5.33. The van der Waals surface area contributed by atoms with Gasteiger partial charge in [0.1, 0.15) is 17.6 Å². The van der Waals surface area contributed by atoms with Crippen LogP contribution in [-0.2, 0) is 16.1 Å². The Kier molecular flexibility index (Phi) is 8.29. The second-order valence-corrected chi connectivity index (χ2v) is 9.23. The zero-order chi connectivity index (χ0) is 23.3. The second-order valence-electron chi connectivity index (χ2n) is 8.44. The van der Waals surface area contributed by atoms with Crippen molar-refractivity contribution in [3.63, 3.8) is 0 Å². The van der Waals surface area contributed by atoms with Crippen molar-refractivity contribution in [3.8, 4) is 5.75 Å². The first-order chi connectivity index (χ1) is 15.3. The minimum Gasteiger partial charge on any atom is -0.484 e. The molecule has 0 aromatic heterocycles. The molecule has 0 spiro atoms. The van der Waals surface area contributed by atoms with Crippen LogP contribution in [0.15, 0.2) is 40.9 Å². The lowest BCUT2D eigenvalue weighted by Crippen LogP contribution is -2.50. The molecule has 0 bridgehead atoms. The lowest BCUT2D eigenvalue weighted by molar-refractivity contribution is -0.142. The number of carbonyl (C=O) groups is 2. The Bertz CT molecular complexity index is 952. The van der Waals surface area contributed by atoms with Gasteiger partial charge in [-0.15, -0.1) is 0 Å². The van der Waals surface area contributed by atoms with Gasteiger partial charge in [0.05, 0.1) is 0 Å². The minimum atomic E-state index is -0.750. The van der Waals surface area contributed by atoms with Crippen molar-refractivity contribution < 1.29 is 18.7 Å². The Morgan fingerprint density at radius 3 is 2.44 bits per heavy atom. The molecule has 172 valence electrons. The van der Waals surface area contributed by atoms with Gasteiger partial charge in [0.15, 0.2) is 6.61 Å². The van der Waals surface area contributed by atoms with Gasteiger partial charge in [0, 0.05) is 22.6 Å². The number of carbonyl (C=O) groups excluding carboxylic acids is 2. The number of amides is 2. The number of nitrogens with one attached hydrogen (secondary N) is 1. The average Bonchev–Trinajstić information content (AvgIpc) is 3.27. The topological polar surface area (TPSA) is 58.6 Å². The highest BCUT2D eigenvalue weighted by molar-refractivity contribution is 9.10. The fourth-order valence-electron chi connectivity index (χ4n) is 4.00. The number of nitrogens with zero attached hydrogens (tertiary/aromatic N) is 1. The Morgan fingerprint density at radius 1 is 1.19 bits per heavy atom. The Labute approximate surface area is 197 Å². The van der Waals surface area contributed by atoms with Gasteiger partial charge >= 0.3 is 0 Å². The molecule has 1 N–H and O–H groups in total. The summed E-state index contributed by atoms with van der Waals surface area (Å²) in [6, 6.07) is 9.38. The molecule has 2 amide bonds. The average molecular weight is 505 g/mol. The van der Waals surface area contributed by atoms with Crippen molar-refractivity contribution in [2.24, 2.45) is 0 Å². The summed E-state index contributed by atoms with van der Waals surface area (Å²) < 4.78 is 21.1. The SMILES string of the molecule is Cc1cc(OCC(=O)N(Cc2ccccc2F)[C@@H](C)C(=O)NC2CCCC2)cc(C)c1Br. The number of aryl methyl sites for hydroxylation is 2. The van der Waals surface area contributed by atoms with Crippen molar-refractivity contribution in [1.29, 1.82) is 0 Å². The van der Waals surface area contributed by atoms with Crippen molar-refractivity contribution >= 4 is 27.7 Å². The summed E-state index contributed by atoms with van der Waals surface area (Å²) in [5.41, 5.74) is 2.36. The van der Waals surface area contributed by atoms with Crippen LogP contribution in [-0.4, -0.2) is 35.4 Å². The van der Waals surface area contributed by atoms with Gasteiger partial charge in [0.25, 0.3) is 5.91 Å². The molecule has 2 aromatic rings. The number of halogens is 2.